The van der Waals surface area contributed by atoms with Gasteiger partial charge in [0, 0.05) is 17.6 Å². The number of carboxylic acid groups (broad SMARTS) is 1. The van der Waals surface area contributed by atoms with E-state index in [9.17, 15) is 18.4 Å². The van der Waals surface area contributed by atoms with Gasteiger partial charge in [-0.2, -0.15) is 8.78 Å². The summed E-state index contributed by atoms with van der Waals surface area (Å²) < 4.78 is 34.4. The highest BCUT2D eigenvalue weighted by atomic mass is 32.1. The van der Waals surface area contributed by atoms with Crippen LogP contribution < -0.4 is 14.4 Å². The number of hydrogen-bond acceptors (Lipinski definition) is 5. The van der Waals surface area contributed by atoms with Crippen LogP contribution in [0.25, 0.3) is 0 Å². The number of aliphatic carboxylic acids is 1. The average Bonchev–Trinajstić information content (AvgIpc) is 2.91. The van der Waals surface area contributed by atoms with E-state index >= 15 is 0 Å². The first-order valence-electron chi connectivity index (χ1n) is 7.06. The topological polar surface area (TPSA) is 76.1 Å². The molecule has 2 rings (SSSR count). The Morgan fingerprint density at radius 2 is 1.92 bits per heavy atom. The third kappa shape index (κ3) is 4.90. The van der Waals surface area contributed by atoms with Gasteiger partial charge in [0.05, 0.1) is 0 Å². The van der Waals surface area contributed by atoms with Crippen LogP contribution in [-0.2, 0) is 4.79 Å². The Morgan fingerprint density at radius 3 is 2.48 bits per heavy atom. The maximum atomic E-state index is 12.6. The van der Waals surface area contributed by atoms with E-state index in [1.807, 2.05) is 0 Å². The fourth-order valence-electron chi connectivity index (χ4n) is 2.00. The Bertz CT molecular complexity index is 760. The van der Waals surface area contributed by atoms with Gasteiger partial charge in [-0.05, 0) is 37.3 Å². The summed E-state index contributed by atoms with van der Waals surface area (Å²) in [6.07, 6.45) is 0. The summed E-state index contributed by atoms with van der Waals surface area (Å²) in [5.41, 5.74) is 0.488. The number of amides is 1. The van der Waals surface area contributed by atoms with Crippen molar-refractivity contribution in [3.05, 3.63) is 40.1 Å². The summed E-state index contributed by atoms with van der Waals surface area (Å²) in [5.74, 6) is -1.42. The van der Waals surface area contributed by atoms with Crippen molar-refractivity contribution < 1.29 is 33.0 Å². The predicted molar refractivity (Wildman–Crippen MR) is 88.0 cm³/mol. The Balaban J connectivity index is 2.16. The largest absolute Gasteiger partial charge is 0.482 e. The zero-order valence-electron chi connectivity index (χ0n) is 13.4. The second-order valence-electron chi connectivity index (χ2n) is 4.97. The summed E-state index contributed by atoms with van der Waals surface area (Å²) in [7, 11) is 1.50. The maximum Gasteiger partial charge on any atom is 0.387 e. The van der Waals surface area contributed by atoms with Gasteiger partial charge in [0.2, 0.25) is 0 Å². The molecule has 1 N–H and O–H groups in total. The van der Waals surface area contributed by atoms with Crippen LogP contribution in [-0.4, -0.2) is 37.2 Å². The Kier molecular flexibility index (Phi) is 5.92. The molecule has 6 nitrogen and oxygen atoms in total. The lowest BCUT2D eigenvalue weighted by atomic mass is 10.2. The van der Waals surface area contributed by atoms with Crippen molar-refractivity contribution in [3.63, 3.8) is 0 Å². The number of aryl methyl sites for hydroxylation is 1. The molecule has 1 heterocycles. The second kappa shape index (κ2) is 7.93. The highest BCUT2D eigenvalue weighted by Gasteiger charge is 2.23. The highest BCUT2D eigenvalue weighted by Crippen LogP contribution is 2.32. The van der Waals surface area contributed by atoms with Gasteiger partial charge in [-0.3, -0.25) is 4.79 Å². The standard InChI is InChI=1S/C16H15F2NO5S/c1-9-7-12(24-16(17)18)14(25-9)15(22)19(2)10-3-5-11(6-4-10)23-8-13(20)21/h3-7,16H,8H2,1-2H3,(H,20,21). The van der Waals surface area contributed by atoms with Crippen molar-refractivity contribution >= 4 is 28.9 Å². The molecule has 0 spiro atoms. The van der Waals surface area contributed by atoms with Crippen LogP contribution in [0.4, 0.5) is 14.5 Å². The number of halogens is 2. The Labute approximate surface area is 146 Å². The van der Waals surface area contributed by atoms with Gasteiger partial charge in [-0.25, -0.2) is 4.79 Å². The van der Waals surface area contributed by atoms with Crippen molar-refractivity contribution in [2.75, 3.05) is 18.6 Å². The van der Waals surface area contributed by atoms with Crippen LogP contribution in [0, 0.1) is 6.92 Å². The summed E-state index contributed by atoms with van der Waals surface area (Å²) in [6, 6.07) is 7.53. The number of benzene rings is 1. The lowest BCUT2D eigenvalue weighted by molar-refractivity contribution is -0.139. The van der Waals surface area contributed by atoms with Crippen molar-refractivity contribution in [3.8, 4) is 11.5 Å². The second-order valence-corrected chi connectivity index (χ2v) is 6.23. The van der Waals surface area contributed by atoms with Gasteiger partial charge in [0.25, 0.3) is 5.91 Å². The normalized spacial score (nSPS) is 10.6. The zero-order valence-corrected chi connectivity index (χ0v) is 14.2. The number of rotatable bonds is 7. The molecular formula is C16H15F2NO5S. The summed E-state index contributed by atoms with van der Waals surface area (Å²) in [4.78, 5) is 25.1. The number of thiophene rings is 1. The molecule has 0 atom stereocenters. The molecule has 0 aliphatic rings. The number of carbonyl (C=O) groups excluding carboxylic acids is 1. The van der Waals surface area contributed by atoms with Crippen LogP contribution in [0.1, 0.15) is 14.5 Å². The molecule has 134 valence electrons. The quantitative estimate of drug-likeness (QED) is 0.807. The van der Waals surface area contributed by atoms with Crippen LogP contribution in [0.2, 0.25) is 0 Å². The maximum absolute atomic E-state index is 12.6. The molecule has 0 unspecified atom stereocenters. The van der Waals surface area contributed by atoms with Gasteiger partial charge in [-0.1, -0.05) is 0 Å². The number of carboxylic acids is 1. The van der Waals surface area contributed by atoms with Crippen molar-refractivity contribution in [2.24, 2.45) is 0 Å². The van der Waals surface area contributed by atoms with Crippen LogP contribution in [0.5, 0.6) is 11.5 Å². The number of alkyl halides is 2. The van der Waals surface area contributed by atoms with E-state index in [0.29, 0.717) is 16.3 Å². The zero-order chi connectivity index (χ0) is 18.6. The summed E-state index contributed by atoms with van der Waals surface area (Å²) >= 11 is 1.06. The third-order valence-corrected chi connectivity index (χ3v) is 4.14. The minimum absolute atomic E-state index is 0.0755. The van der Waals surface area contributed by atoms with Crippen molar-refractivity contribution in [2.45, 2.75) is 13.5 Å². The monoisotopic (exact) mass is 371 g/mol. The molecule has 1 aromatic carbocycles. The van der Waals surface area contributed by atoms with E-state index in [2.05, 4.69) is 4.74 Å². The van der Waals surface area contributed by atoms with E-state index in [4.69, 9.17) is 9.84 Å². The van der Waals surface area contributed by atoms with Gasteiger partial charge in [-0.15, -0.1) is 11.3 Å². The van der Waals surface area contributed by atoms with E-state index < -0.39 is 25.1 Å². The molecule has 1 amide bonds. The Hall–Kier alpha value is -2.68. The van der Waals surface area contributed by atoms with Gasteiger partial charge >= 0.3 is 12.6 Å². The minimum atomic E-state index is -3.02. The Morgan fingerprint density at radius 1 is 1.28 bits per heavy atom. The fourth-order valence-corrected chi connectivity index (χ4v) is 2.92. The molecule has 25 heavy (non-hydrogen) atoms. The molecule has 9 heteroatoms. The van der Waals surface area contributed by atoms with E-state index in [1.165, 1.54) is 30.1 Å². The molecular weight excluding hydrogens is 356 g/mol. The molecule has 0 saturated heterocycles. The minimum Gasteiger partial charge on any atom is -0.482 e. The lowest BCUT2D eigenvalue weighted by Gasteiger charge is -2.17. The lowest BCUT2D eigenvalue weighted by Crippen LogP contribution is -2.26. The smallest absolute Gasteiger partial charge is 0.387 e. The van der Waals surface area contributed by atoms with Gasteiger partial charge < -0.3 is 19.5 Å². The summed E-state index contributed by atoms with van der Waals surface area (Å²) in [6.45, 7) is -1.80. The molecule has 0 aliphatic carbocycles. The SMILES string of the molecule is Cc1cc(OC(F)F)c(C(=O)N(C)c2ccc(OCC(=O)O)cc2)s1. The van der Waals surface area contributed by atoms with E-state index in [1.54, 1.807) is 19.1 Å². The molecule has 0 bridgehead atoms. The van der Waals surface area contributed by atoms with Crippen molar-refractivity contribution in [1.82, 2.24) is 0 Å². The third-order valence-electron chi connectivity index (χ3n) is 3.12. The van der Waals surface area contributed by atoms with Gasteiger partial charge in [0.1, 0.15) is 16.4 Å². The number of hydrogen-bond donors (Lipinski definition) is 1. The van der Waals surface area contributed by atoms with E-state index in [0.717, 1.165) is 11.3 Å². The van der Waals surface area contributed by atoms with Crippen molar-refractivity contribution in [1.29, 1.82) is 0 Å². The molecule has 2 aromatic rings. The molecule has 1 aromatic heterocycles. The van der Waals surface area contributed by atoms with Crippen LogP contribution >= 0.6 is 11.3 Å². The number of anilines is 1. The molecule has 0 aliphatic heterocycles. The number of carbonyl (C=O) groups is 2. The average molecular weight is 371 g/mol. The van der Waals surface area contributed by atoms with Gasteiger partial charge in [0.15, 0.2) is 6.61 Å². The number of ether oxygens (including phenoxy) is 2. The molecule has 0 radical (unpaired) electrons. The predicted octanol–water partition coefficient (Wildman–Crippen LogP) is 3.40. The molecule has 0 fully saturated rings. The van der Waals surface area contributed by atoms with Crippen LogP contribution in [0.3, 0.4) is 0 Å². The first-order chi connectivity index (χ1) is 11.8. The highest BCUT2D eigenvalue weighted by molar-refractivity contribution is 7.14. The van der Waals surface area contributed by atoms with Crippen LogP contribution in [0.15, 0.2) is 30.3 Å². The van der Waals surface area contributed by atoms with E-state index in [-0.39, 0.29) is 10.6 Å². The first kappa shape index (κ1) is 18.7. The summed E-state index contributed by atoms with van der Waals surface area (Å²) in [5, 5.41) is 8.56. The number of nitrogens with zero attached hydrogens (tertiary/aromatic N) is 1. The first-order valence-corrected chi connectivity index (χ1v) is 7.87. The molecule has 0 saturated carbocycles. The fraction of sp³-hybridized carbons (Fsp3) is 0.250.